The molecule has 0 saturated heterocycles. The zero-order chi connectivity index (χ0) is 12.0. The summed E-state index contributed by atoms with van der Waals surface area (Å²) in [6, 6.07) is 2.38. The van der Waals surface area contributed by atoms with Crippen LogP contribution in [0, 0.1) is 5.92 Å². The van der Waals surface area contributed by atoms with E-state index in [0.29, 0.717) is 13.2 Å². The molecule has 2 atom stereocenters. The third kappa shape index (κ3) is 3.94. The van der Waals surface area contributed by atoms with E-state index in [1.54, 1.807) is 11.3 Å². The average Bonchev–Trinajstić information content (AvgIpc) is 2.79. The summed E-state index contributed by atoms with van der Waals surface area (Å²) in [5.74, 6) is -0.228. The van der Waals surface area contributed by atoms with Crippen LogP contribution in [0.3, 0.4) is 0 Å². The highest BCUT2D eigenvalue weighted by Crippen LogP contribution is 2.15. The smallest absolute Gasteiger partial charge is 0.309 e. The largest absolute Gasteiger partial charge is 0.466 e. The fraction of sp³-hybridized carbons (Fsp3) is 0.583. The number of carbonyl (C=O) groups excluding carboxylic acids is 1. The Kier molecular flexibility index (Phi) is 5.49. The summed E-state index contributed by atoms with van der Waals surface area (Å²) < 4.78 is 4.95. The Bertz CT molecular complexity index is 311. The Labute approximate surface area is 101 Å². The summed E-state index contributed by atoms with van der Waals surface area (Å²) in [4.78, 5) is 11.4. The van der Waals surface area contributed by atoms with Crippen LogP contribution in [0.15, 0.2) is 16.8 Å². The zero-order valence-corrected chi connectivity index (χ0v) is 10.8. The molecule has 90 valence electrons. The van der Waals surface area contributed by atoms with Crippen molar-refractivity contribution in [2.45, 2.75) is 26.8 Å². The van der Waals surface area contributed by atoms with Crippen LogP contribution in [-0.2, 0) is 9.53 Å². The summed E-state index contributed by atoms with van der Waals surface area (Å²) in [5.41, 5.74) is 1.26. The molecule has 0 aliphatic rings. The second-order valence-electron chi connectivity index (χ2n) is 3.84. The van der Waals surface area contributed by atoms with E-state index in [0.717, 1.165) is 0 Å². The van der Waals surface area contributed by atoms with E-state index in [-0.39, 0.29) is 17.9 Å². The van der Waals surface area contributed by atoms with Crippen molar-refractivity contribution in [3.8, 4) is 0 Å². The Balaban J connectivity index is 2.31. The van der Waals surface area contributed by atoms with Crippen LogP contribution in [0.4, 0.5) is 0 Å². The highest BCUT2D eigenvalue weighted by atomic mass is 32.1. The first-order valence-electron chi connectivity index (χ1n) is 5.57. The van der Waals surface area contributed by atoms with Gasteiger partial charge in [-0.3, -0.25) is 4.79 Å². The van der Waals surface area contributed by atoms with Gasteiger partial charge in [0.1, 0.15) is 0 Å². The molecule has 0 aliphatic heterocycles. The Morgan fingerprint density at radius 2 is 2.31 bits per heavy atom. The van der Waals surface area contributed by atoms with E-state index in [1.165, 1.54) is 5.56 Å². The molecule has 0 radical (unpaired) electrons. The number of hydrogen-bond donors (Lipinski definition) is 1. The molecule has 4 heteroatoms. The lowest BCUT2D eigenvalue weighted by Gasteiger charge is -2.16. The van der Waals surface area contributed by atoms with Crippen molar-refractivity contribution in [1.82, 2.24) is 5.32 Å². The molecule has 1 aromatic rings. The third-order valence-corrected chi connectivity index (χ3v) is 3.16. The monoisotopic (exact) mass is 241 g/mol. The predicted octanol–water partition coefficient (Wildman–Crippen LogP) is 2.60. The molecule has 0 aliphatic carbocycles. The number of ether oxygens (including phenoxy) is 1. The van der Waals surface area contributed by atoms with Gasteiger partial charge < -0.3 is 10.1 Å². The molecule has 1 aromatic heterocycles. The van der Waals surface area contributed by atoms with Gasteiger partial charge in [0.25, 0.3) is 0 Å². The number of hydrogen-bond acceptors (Lipinski definition) is 4. The van der Waals surface area contributed by atoms with E-state index in [4.69, 9.17) is 4.74 Å². The molecule has 1 N–H and O–H groups in total. The Morgan fingerprint density at radius 1 is 1.56 bits per heavy atom. The van der Waals surface area contributed by atoms with Gasteiger partial charge in [0.05, 0.1) is 12.5 Å². The summed E-state index contributed by atoms with van der Waals surface area (Å²) in [7, 11) is 0. The topological polar surface area (TPSA) is 38.3 Å². The van der Waals surface area contributed by atoms with Crippen LogP contribution in [0.2, 0.25) is 0 Å². The number of nitrogens with one attached hydrogen (secondary N) is 1. The van der Waals surface area contributed by atoms with E-state index in [2.05, 4.69) is 29.1 Å². The molecule has 0 bridgehead atoms. The van der Waals surface area contributed by atoms with Gasteiger partial charge in [-0.2, -0.15) is 11.3 Å². The molecule has 0 aromatic carbocycles. The van der Waals surface area contributed by atoms with Crippen LogP contribution in [-0.4, -0.2) is 19.1 Å². The van der Waals surface area contributed by atoms with Crippen LogP contribution >= 0.6 is 11.3 Å². The Morgan fingerprint density at radius 3 is 2.88 bits per heavy atom. The predicted molar refractivity (Wildman–Crippen MR) is 66.5 cm³/mol. The first kappa shape index (κ1) is 13.2. The van der Waals surface area contributed by atoms with E-state index in [9.17, 15) is 4.79 Å². The first-order valence-corrected chi connectivity index (χ1v) is 6.51. The first-order chi connectivity index (χ1) is 7.65. The summed E-state index contributed by atoms with van der Waals surface area (Å²) in [5, 5.41) is 7.51. The van der Waals surface area contributed by atoms with Crippen LogP contribution in [0.5, 0.6) is 0 Å². The number of thiophene rings is 1. The minimum Gasteiger partial charge on any atom is -0.466 e. The minimum absolute atomic E-state index is 0.0963. The fourth-order valence-electron chi connectivity index (χ4n) is 1.36. The van der Waals surface area contributed by atoms with Crippen LogP contribution in [0.1, 0.15) is 32.4 Å². The van der Waals surface area contributed by atoms with Crippen molar-refractivity contribution in [3.63, 3.8) is 0 Å². The Hall–Kier alpha value is -0.870. The lowest BCUT2D eigenvalue weighted by molar-refractivity contribution is -0.147. The molecule has 16 heavy (non-hydrogen) atoms. The molecular formula is C12H19NO2S. The number of esters is 1. The maximum Gasteiger partial charge on any atom is 0.309 e. The van der Waals surface area contributed by atoms with Crippen molar-refractivity contribution in [2.75, 3.05) is 13.2 Å². The van der Waals surface area contributed by atoms with E-state index in [1.807, 2.05) is 13.8 Å². The van der Waals surface area contributed by atoms with Gasteiger partial charge in [-0.05, 0) is 36.2 Å². The normalized spacial score (nSPS) is 14.4. The summed E-state index contributed by atoms with van der Waals surface area (Å²) >= 11 is 1.68. The molecule has 2 unspecified atom stereocenters. The lowest BCUT2D eigenvalue weighted by Crippen LogP contribution is -2.29. The summed E-state index contributed by atoms with van der Waals surface area (Å²) in [6.45, 7) is 6.90. The van der Waals surface area contributed by atoms with Gasteiger partial charge in [-0.15, -0.1) is 0 Å². The highest BCUT2D eigenvalue weighted by Gasteiger charge is 2.15. The maximum atomic E-state index is 11.4. The van der Waals surface area contributed by atoms with Gasteiger partial charge in [-0.25, -0.2) is 0 Å². The molecule has 0 saturated carbocycles. The molecule has 3 nitrogen and oxygen atoms in total. The molecule has 0 amide bonds. The van der Waals surface area contributed by atoms with Crippen molar-refractivity contribution < 1.29 is 9.53 Å². The lowest BCUT2D eigenvalue weighted by atomic mass is 10.1. The molecule has 1 heterocycles. The number of carbonyl (C=O) groups is 1. The molecular weight excluding hydrogens is 222 g/mol. The van der Waals surface area contributed by atoms with Gasteiger partial charge in [0, 0.05) is 12.6 Å². The van der Waals surface area contributed by atoms with Crippen molar-refractivity contribution >= 4 is 17.3 Å². The minimum atomic E-state index is -0.132. The van der Waals surface area contributed by atoms with Crippen molar-refractivity contribution in [3.05, 3.63) is 22.4 Å². The highest BCUT2D eigenvalue weighted by molar-refractivity contribution is 7.07. The third-order valence-electron chi connectivity index (χ3n) is 2.46. The summed E-state index contributed by atoms with van der Waals surface area (Å²) in [6.07, 6.45) is 0. The number of rotatable bonds is 6. The van der Waals surface area contributed by atoms with Crippen molar-refractivity contribution in [2.24, 2.45) is 5.92 Å². The zero-order valence-electron chi connectivity index (χ0n) is 10.0. The standard InChI is InChI=1S/C12H19NO2S/c1-4-15-12(14)9(2)7-13-10(3)11-5-6-16-8-11/h5-6,8-10,13H,4,7H2,1-3H3. The van der Waals surface area contributed by atoms with Crippen LogP contribution < -0.4 is 5.32 Å². The molecule has 0 spiro atoms. The average molecular weight is 241 g/mol. The fourth-order valence-corrected chi connectivity index (χ4v) is 2.11. The van der Waals surface area contributed by atoms with Gasteiger partial charge in [-0.1, -0.05) is 6.92 Å². The molecule has 1 rings (SSSR count). The van der Waals surface area contributed by atoms with Gasteiger partial charge in [0.15, 0.2) is 0 Å². The van der Waals surface area contributed by atoms with E-state index < -0.39 is 0 Å². The SMILES string of the molecule is CCOC(=O)C(C)CNC(C)c1ccsc1. The second kappa shape index (κ2) is 6.66. The van der Waals surface area contributed by atoms with Crippen molar-refractivity contribution in [1.29, 1.82) is 0 Å². The molecule has 0 fully saturated rings. The van der Waals surface area contributed by atoms with Gasteiger partial charge in [0.2, 0.25) is 0 Å². The second-order valence-corrected chi connectivity index (χ2v) is 4.62. The quantitative estimate of drug-likeness (QED) is 0.778. The maximum absolute atomic E-state index is 11.4. The van der Waals surface area contributed by atoms with E-state index >= 15 is 0 Å². The van der Waals surface area contributed by atoms with Gasteiger partial charge >= 0.3 is 5.97 Å². The van der Waals surface area contributed by atoms with Crippen LogP contribution in [0.25, 0.3) is 0 Å².